The number of rotatable bonds is 3. The number of amidine groups is 1. The van der Waals surface area contributed by atoms with Gasteiger partial charge in [0.2, 0.25) is 0 Å². The Morgan fingerprint density at radius 2 is 1.68 bits per heavy atom. The maximum Gasteiger partial charge on any atom is 0.123 e. The fraction of sp³-hybridized carbons (Fsp3) is 0.500. The number of hydrogen-bond acceptors (Lipinski definition) is 5. The molecule has 1 aromatic carbocycles. The molecular weight excluding hydrogens is 420 g/mol. The van der Waals surface area contributed by atoms with Crippen molar-refractivity contribution in [3.8, 4) is 23.1 Å². The topological polar surface area (TPSA) is 77.1 Å². The zero-order valence-electron chi connectivity index (χ0n) is 20.0. The van der Waals surface area contributed by atoms with E-state index in [9.17, 15) is 0 Å². The Bertz CT molecular complexity index is 1150. The van der Waals surface area contributed by atoms with Crippen molar-refractivity contribution >= 4 is 5.84 Å². The van der Waals surface area contributed by atoms with Crippen molar-refractivity contribution in [1.29, 1.82) is 0 Å². The molecule has 0 radical (unpaired) electrons. The molecule has 2 aromatic rings. The highest BCUT2D eigenvalue weighted by Gasteiger charge is 2.36. The van der Waals surface area contributed by atoms with Crippen LogP contribution < -0.4 is 16.0 Å². The lowest BCUT2D eigenvalue weighted by Crippen LogP contribution is -2.43. The van der Waals surface area contributed by atoms with Crippen LogP contribution >= 0.6 is 0 Å². The lowest BCUT2D eigenvalue weighted by Gasteiger charge is -2.23. The molecule has 4 heterocycles. The largest absolute Gasteiger partial charge is 0.367 e. The monoisotopic (exact) mass is 454 g/mol. The molecule has 2 fully saturated rings. The van der Waals surface area contributed by atoms with Crippen LogP contribution in [-0.4, -0.2) is 47.0 Å². The van der Waals surface area contributed by atoms with E-state index in [-0.39, 0.29) is 12.0 Å². The number of aliphatic imine (C=N–C) groups is 1. The van der Waals surface area contributed by atoms with Gasteiger partial charge in [-0.05, 0) is 61.9 Å². The summed E-state index contributed by atoms with van der Waals surface area (Å²) in [6.45, 7) is 6.73. The number of aromatic amines is 1. The maximum atomic E-state index is 4.94. The fourth-order valence-electron chi connectivity index (χ4n) is 5.65. The summed E-state index contributed by atoms with van der Waals surface area (Å²) in [4.78, 5) is 13.1. The molecule has 0 saturated carbocycles. The minimum absolute atomic E-state index is 0.256. The first kappa shape index (κ1) is 21.6. The van der Waals surface area contributed by atoms with Crippen LogP contribution in [0.5, 0.6) is 0 Å². The zero-order chi connectivity index (χ0) is 23.1. The molecule has 2 saturated heterocycles. The molecule has 176 valence electrons. The maximum absolute atomic E-state index is 4.94. The van der Waals surface area contributed by atoms with Crippen molar-refractivity contribution < 1.29 is 0 Å². The van der Waals surface area contributed by atoms with Gasteiger partial charge in [0.25, 0.3) is 0 Å². The number of H-pyrrole nitrogens is 1. The van der Waals surface area contributed by atoms with Gasteiger partial charge in [0.05, 0.1) is 36.1 Å². The van der Waals surface area contributed by atoms with Crippen molar-refractivity contribution in [2.75, 3.05) is 13.1 Å². The molecule has 0 amide bonds. The quantitative estimate of drug-likeness (QED) is 0.423. The number of aromatic nitrogens is 2. The van der Waals surface area contributed by atoms with E-state index in [1.165, 1.54) is 6.42 Å². The van der Waals surface area contributed by atoms with Crippen LogP contribution in [0.15, 0.2) is 47.6 Å². The molecule has 1 aliphatic carbocycles. The van der Waals surface area contributed by atoms with Gasteiger partial charge < -0.3 is 20.9 Å². The molecule has 4 aliphatic rings. The van der Waals surface area contributed by atoms with Crippen molar-refractivity contribution in [3.05, 3.63) is 54.0 Å². The van der Waals surface area contributed by atoms with Gasteiger partial charge in [0.1, 0.15) is 11.7 Å². The summed E-state index contributed by atoms with van der Waals surface area (Å²) in [5, 5.41) is 10.8. The van der Waals surface area contributed by atoms with Gasteiger partial charge in [-0.15, -0.1) is 0 Å². The lowest BCUT2D eigenvalue weighted by atomic mass is 9.89. The molecule has 6 nitrogen and oxygen atoms in total. The van der Waals surface area contributed by atoms with E-state index < -0.39 is 0 Å². The smallest absolute Gasteiger partial charge is 0.123 e. The third kappa shape index (κ3) is 4.43. The number of nitrogens with one attached hydrogen (secondary N) is 4. The summed E-state index contributed by atoms with van der Waals surface area (Å²) >= 11 is 0. The summed E-state index contributed by atoms with van der Waals surface area (Å²) < 4.78 is 0. The van der Waals surface area contributed by atoms with Gasteiger partial charge in [-0.1, -0.05) is 50.0 Å². The van der Waals surface area contributed by atoms with Gasteiger partial charge in [0.15, 0.2) is 0 Å². The molecule has 34 heavy (non-hydrogen) atoms. The summed E-state index contributed by atoms with van der Waals surface area (Å²) in [5.41, 5.74) is 3.25. The second kappa shape index (κ2) is 9.05. The van der Waals surface area contributed by atoms with E-state index >= 15 is 0 Å². The first-order chi connectivity index (χ1) is 16.6. The minimum Gasteiger partial charge on any atom is -0.367 e. The molecule has 7 atom stereocenters. The van der Waals surface area contributed by atoms with Crippen molar-refractivity contribution in [1.82, 2.24) is 25.9 Å². The van der Waals surface area contributed by atoms with Crippen molar-refractivity contribution in [2.45, 2.75) is 57.3 Å². The molecular formula is C28H34N6. The Morgan fingerprint density at radius 1 is 0.912 bits per heavy atom. The van der Waals surface area contributed by atoms with Crippen LogP contribution in [0.3, 0.4) is 0 Å². The summed E-state index contributed by atoms with van der Waals surface area (Å²) in [6.07, 6.45) is 9.74. The molecule has 0 bridgehead atoms. The van der Waals surface area contributed by atoms with E-state index in [1.54, 1.807) is 0 Å². The van der Waals surface area contributed by atoms with Gasteiger partial charge in [0, 0.05) is 11.5 Å². The van der Waals surface area contributed by atoms with Gasteiger partial charge >= 0.3 is 0 Å². The Hall–Kier alpha value is -2.88. The second-order valence-corrected chi connectivity index (χ2v) is 10.6. The van der Waals surface area contributed by atoms with Crippen molar-refractivity contribution in [3.63, 3.8) is 0 Å². The number of hydrogen-bond donors (Lipinski definition) is 4. The molecule has 4 N–H and O–H groups in total. The van der Waals surface area contributed by atoms with Crippen LogP contribution in [0.1, 0.15) is 50.5 Å². The highest BCUT2D eigenvalue weighted by Crippen LogP contribution is 2.28. The van der Waals surface area contributed by atoms with Crippen LogP contribution in [-0.2, 0) is 0 Å². The predicted octanol–water partition coefficient (Wildman–Crippen LogP) is 3.41. The van der Waals surface area contributed by atoms with Gasteiger partial charge in [-0.25, -0.2) is 4.98 Å². The molecule has 3 unspecified atom stereocenters. The highest BCUT2D eigenvalue weighted by molar-refractivity contribution is 5.90. The summed E-state index contributed by atoms with van der Waals surface area (Å²) in [6, 6.07) is 9.83. The number of allylic oxidation sites excluding steroid dienone is 1. The first-order valence-electron chi connectivity index (χ1n) is 12.8. The van der Waals surface area contributed by atoms with E-state index in [0.29, 0.717) is 24.0 Å². The number of nitrogens with zero attached hydrogens (tertiary/aromatic N) is 2. The Morgan fingerprint density at radius 3 is 2.41 bits per heavy atom. The van der Waals surface area contributed by atoms with Gasteiger partial charge in [-0.2, -0.15) is 0 Å². The molecule has 6 rings (SSSR count). The Labute approximate surface area is 202 Å². The van der Waals surface area contributed by atoms with Crippen LogP contribution in [0.25, 0.3) is 11.3 Å². The summed E-state index contributed by atoms with van der Waals surface area (Å²) in [7, 11) is 0. The molecule has 0 spiro atoms. The number of benzene rings is 1. The fourth-order valence-corrected chi connectivity index (χ4v) is 5.65. The zero-order valence-corrected chi connectivity index (χ0v) is 20.0. The predicted molar refractivity (Wildman–Crippen MR) is 136 cm³/mol. The third-order valence-corrected chi connectivity index (χ3v) is 7.64. The van der Waals surface area contributed by atoms with Crippen LogP contribution in [0.4, 0.5) is 0 Å². The molecule has 1 aromatic heterocycles. The lowest BCUT2D eigenvalue weighted by molar-refractivity contribution is 0.488. The summed E-state index contributed by atoms with van der Waals surface area (Å²) in [5.74, 6) is 10.7. The highest BCUT2D eigenvalue weighted by atomic mass is 15.2. The third-order valence-electron chi connectivity index (χ3n) is 7.64. The van der Waals surface area contributed by atoms with E-state index in [2.05, 4.69) is 88.0 Å². The Balaban J connectivity index is 1.07. The SMILES string of the molecule is C[C@@H]1CN[C@H](C2=NC3C=CC(C#Cc4ccc(-c5cnc([C@@H]6C[C@H](C)CN6)[nH]5)cc4)CC3N2)C1. The normalized spacial score (nSPS) is 34.3. The average Bonchev–Trinajstić information content (AvgIpc) is 3.64. The molecule has 3 aliphatic heterocycles. The van der Waals surface area contributed by atoms with Crippen LogP contribution in [0, 0.1) is 29.6 Å². The number of imidazole rings is 1. The van der Waals surface area contributed by atoms with Gasteiger partial charge in [-0.3, -0.25) is 4.99 Å². The standard InChI is InChI=1S/C28H34N6/c1-17-11-24(29-14-17)27-31-16-26(34-27)21-8-5-19(6-9-21)3-4-20-7-10-22-23(13-20)33-28(32-22)25-12-18(2)15-30-25/h5-10,16-18,20,22-25,29-30H,11-15H2,1-2H3,(H,31,34)(H,32,33)/t17-,18-,20?,22?,23?,24-,25-/m0/s1. The van der Waals surface area contributed by atoms with E-state index in [4.69, 9.17) is 4.99 Å². The van der Waals surface area contributed by atoms with Crippen LogP contribution in [0.2, 0.25) is 0 Å². The average molecular weight is 455 g/mol. The molecule has 6 heteroatoms. The number of fused-ring (bicyclic) bond motifs is 1. The second-order valence-electron chi connectivity index (χ2n) is 10.6. The van der Waals surface area contributed by atoms with E-state index in [1.807, 2.05) is 6.20 Å². The Kier molecular flexibility index (Phi) is 5.76. The first-order valence-corrected chi connectivity index (χ1v) is 12.8. The minimum atomic E-state index is 0.256. The van der Waals surface area contributed by atoms with E-state index in [0.717, 1.165) is 60.3 Å². The van der Waals surface area contributed by atoms with Crippen molar-refractivity contribution in [2.24, 2.45) is 22.7 Å².